The lowest BCUT2D eigenvalue weighted by Gasteiger charge is -2.30. The van der Waals surface area contributed by atoms with Crippen molar-refractivity contribution < 1.29 is 9.53 Å². The van der Waals surface area contributed by atoms with Crippen LogP contribution in [0.4, 0.5) is 0 Å². The van der Waals surface area contributed by atoms with Gasteiger partial charge in [0.15, 0.2) is 0 Å². The minimum absolute atomic E-state index is 0.0105. The summed E-state index contributed by atoms with van der Waals surface area (Å²) in [5.41, 5.74) is 1.03. The van der Waals surface area contributed by atoms with E-state index < -0.39 is 0 Å². The van der Waals surface area contributed by atoms with Crippen molar-refractivity contribution >= 4 is 17.5 Å². The number of nitrogens with one attached hydrogen (secondary N) is 2. The predicted octanol–water partition coefficient (Wildman–Crippen LogP) is 3.06. The van der Waals surface area contributed by atoms with Crippen molar-refractivity contribution in [3.8, 4) is 5.75 Å². The summed E-state index contributed by atoms with van der Waals surface area (Å²) in [5, 5.41) is 7.28. The quantitative estimate of drug-likeness (QED) is 0.880. The first-order valence-electron chi connectivity index (χ1n) is 8.11. The van der Waals surface area contributed by atoms with Gasteiger partial charge in [0.25, 0.3) is 0 Å². The van der Waals surface area contributed by atoms with Crippen molar-refractivity contribution in [1.82, 2.24) is 10.6 Å². The molecular weight excluding hydrogens is 300 g/mol. The standard InChI is InChI=1S/C17H23ClN2O2/c1-11-13(4-2-8-19-11)17(21)20-15-5-3-9-22-16-10-12(18)6-7-14(15)16/h6-7,10-11,13,15,19H,2-5,8-9H2,1H3,(H,20,21). The zero-order valence-corrected chi connectivity index (χ0v) is 13.7. The van der Waals surface area contributed by atoms with Gasteiger partial charge in [-0.15, -0.1) is 0 Å². The summed E-state index contributed by atoms with van der Waals surface area (Å²) >= 11 is 6.05. The van der Waals surface area contributed by atoms with E-state index in [2.05, 4.69) is 17.6 Å². The molecule has 1 aromatic carbocycles. The fraction of sp³-hybridized carbons (Fsp3) is 0.588. The van der Waals surface area contributed by atoms with E-state index in [1.54, 1.807) is 0 Å². The third-order valence-corrected chi connectivity index (χ3v) is 4.90. The Bertz CT molecular complexity index is 549. The summed E-state index contributed by atoms with van der Waals surface area (Å²) in [6, 6.07) is 5.92. The van der Waals surface area contributed by atoms with Crippen molar-refractivity contribution in [3.05, 3.63) is 28.8 Å². The Morgan fingerprint density at radius 1 is 1.36 bits per heavy atom. The van der Waals surface area contributed by atoms with Gasteiger partial charge in [-0.2, -0.15) is 0 Å². The molecule has 3 atom stereocenters. The molecule has 0 aliphatic carbocycles. The molecule has 1 aromatic rings. The number of ether oxygens (including phenoxy) is 1. The van der Waals surface area contributed by atoms with Gasteiger partial charge in [-0.3, -0.25) is 4.79 Å². The molecule has 4 nitrogen and oxygen atoms in total. The SMILES string of the molecule is CC1NCCCC1C(=O)NC1CCCOc2cc(Cl)ccc21. The number of halogens is 1. The molecule has 3 unspecified atom stereocenters. The first-order chi connectivity index (χ1) is 10.6. The van der Waals surface area contributed by atoms with Gasteiger partial charge in [-0.05, 0) is 51.3 Å². The molecule has 1 saturated heterocycles. The number of fused-ring (bicyclic) bond motifs is 1. The zero-order valence-electron chi connectivity index (χ0n) is 12.9. The molecule has 0 radical (unpaired) electrons. The number of rotatable bonds is 2. The highest BCUT2D eigenvalue weighted by Gasteiger charge is 2.30. The van der Waals surface area contributed by atoms with Crippen LogP contribution in [0.25, 0.3) is 0 Å². The minimum Gasteiger partial charge on any atom is -0.493 e. The Morgan fingerprint density at radius 3 is 3.05 bits per heavy atom. The second kappa shape index (κ2) is 6.88. The van der Waals surface area contributed by atoms with Gasteiger partial charge in [0, 0.05) is 16.6 Å². The molecule has 0 saturated carbocycles. The van der Waals surface area contributed by atoms with Gasteiger partial charge in [-0.25, -0.2) is 0 Å². The lowest BCUT2D eigenvalue weighted by atomic mass is 9.90. The van der Waals surface area contributed by atoms with Crippen LogP contribution >= 0.6 is 11.6 Å². The molecule has 120 valence electrons. The summed E-state index contributed by atoms with van der Waals surface area (Å²) in [6.07, 6.45) is 3.84. The number of carbonyl (C=O) groups excluding carboxylic acids is 1. The highest BCUT2D eigenvalue weighted by molar-refractivity contribution is 6.30. The van der Waals surface area contributed by atoms with Gasteiger partial charge < -0.3 is 15.4 Å². The second-order valence-corrected chi connectivity index (χ2v) is 6.66. The van der Waals surface area contributed by atoms with Gasteiger partial charge >= 0.3 is 0 Å². The van der Waals surface area contributed by atoms with Crippen LogP contribution < -0.4 is 15.4 Å². The average molecular weight is 323 g/mol. The molecule has 2 heterocycles. The molecule has 3 rings (SSSR count). The number of benzene rings is 1. The molecule has 2 aliphatic rings. The summed E-state index contributed by atoms with van der Waals surface area (Å²) < 4.78 is 5.76. The molecule has 0 aromatic heterocycles. The van der Waals surface area contributed by atoms with E-state index in [9.17, 15) is 4.79 Å². The normalized spacial score (nSPS) is 28.2. The molecule has 5 heteroatoms. The second-order valence-electron chi connectivity index (χ2n) is 6.23. The number of hydrogen-bond donors (Lipinski definition) is 2. The Hall–Kier alpha value is -1.26. The lowest BCUT2D eigenvalue weighted by molar-refractivity contribution is -0.127. The summed E-state index contributed by atoms with van der Waals surface area (Å²) in [4.78, 5) is 12.6. The van der Waals surface area contributed by atoms with Crippen molar-refractivity contribution in [2.45, 2.75) is 44.7 Å². The van der Waals surface area contributed by atoms with Crippen LogP contribution in [0.15, 0.2) is 18.2 Å². The molecule has 2 N–H and O–H groups in total. The molecule has 22 heavy (non-hydrogen) atoms. The monoisotopic (exact) mass is 322 g/mol. The maximum atomic E-state index is 12.6. The van der Waals surface area contributed by atoms with E-state index in [1.165, 1.54) is 0 Å². The van der Waals surface area contributed by atoms with Crippen LogP contribution in [-0.4, -0.2) is 25.1 Å². The lowest BCUT2D eigenvalue weighted by Crippen LogP contribution is -2.47. The van der Waals surface area contributed by atoms with Crippen LogP contribution in [0.1, 0.15) is 44.2 Å². The first-order valence-corrected chi connectivity index (χ1v) is 8.49. The molecule has 0 bridgehead atoms. The van der Waals surface area contributed by atoms with Gasteiger partial charge in [0.1, 0.15) is 5.75 Å². The van der Waals surface area contributed by atoms with Gasteiger partial charge in [0.05, 0.1) is 18.6 Å². The molecule has 1 fully saturated rings. The molecule has 0 spiro atoms. The Morgan fingerprint density at radius 2 is 2.23 bits per heavy atom. The topological polar surface area (TPSA) is 50.4 Å². The van der Waals surface area contributed by atoms with Crippen molar-refractivity contribution in [1.29, 1.82) is 0 Å². The largest absolute Gasteiger partial charge is 0.493 e. The van der Waals surface area contributed by atoms with E-state index in [1.807, 2.05) is 18.2 Å². The van der Waals surface area contributed by atoms with Crippen LogP contribution in [-0.2, 0) is 4.79 Å². The number of carbonyl (C=O) groups is 1. The van der Waals surface area contributed by atoms with Crippen LogP contribution in [0.5, 0.6) is 5.75 Å². The Labute approximate surface area is 136 Å². The maximum Gasteiger partial charge on any atom is 0.225 e. The van der Waals surface area contributed by atoms with Crippen molar-refractivity contribution in [2.75, 3.05) is 13.2 Å². The predicted molar refractivity (Wildman–Crippen MR) is 87.3 cm³/mol. The van der Waals surface area contributed by atoms with E-state index in [0.29, 0.717) is 11.6 Å². The summed E-state index contributed by atoms with van der Waals surface area (Å²) in [5.74, 6) is 0.992. The Kier molecular flexibility index (Phi) is 4.89. The maximum absolute atomic E-state index is 12.6. The van der Waals surface area contributed by atoms with E-state index >= 15 is 0 Å². The fourth-order valence-electron chi connectivity index (χ4n) is 3.38. The average Bonchev–Trinajstić information content (AvgIpc) is 2.69. The summed E-state index contributed by atoms with van der Waals surface area (Å²) in [6.45, 7) is 3.76. The number of hydrogen-bond acceptors (Lipinski definition) is 3. The highest BCUT2D eigenvalue weighted by Crippen LogP contribution is 2.34. The minimum atomic E-state index is 0.0105. The third kappa shape index (κ3) is 3.39. The number of piperidine rings is 1. The number of amides is 1. The smallest absolute Gasteiger partial charge is 0.225 e. The molecule has 2 aliphatic heterocycles. The van der Waals surface area contributed by atoms with Crippen molar-refractivity contribution in [3.63, 3.8) is 0 Å². The third-order valence-electron chi connectivity index (χ3n) is 4.66. The fourth-order valence-corrected chi connectivity index (χ4v) is 3.54. The first kappa shape index (κ1) is 15.6. The van der Waals surface area contributed by atoms with Crippen molar-refractivity contribution in [2.24, 2.45) is 5.92 Å². The molecular formula is C17H23ClN2O2. The van der Waals surface area contributed by atoms with Gasteiger partial charge in [0.2, 0.25) is 5.91 Å². The zero-order chi connectivity index (χ0) is 15.5. The van der Waals surface area contributed by atoms with E-state index in [4.69, 9.17) is 16.3 Å². The van der Waals surface area contributed by atoms with Crippen LogP contribution in [0.3, 0.4) is 0 Å². The van der Waals surface area contributed by atoms with E-state index in [-0.39, 0.29) is 23.9 Å². The Balaban J connectivity index is 1.75. The summed E-state index contributed by atoms with van der Waals surface area (Å²) in [7, 11) is 0. The highest BCUT2D eigenvalue weighted by atomic mass is 35.5. The molecule has 1 amide bonds. The van der Waals surface area contributed by atoms with Crippen LogP contribution in [0.2, 0.25) is 5.02 Å². The van der Waals surface area contributed by atoms with Gasteiger partial charge in [-0.1, -0.05) is 17.7 Å². The van der Waals surface area contributed by atoms with Crippen LogP contribution in [0, 0.1) is 5.92 Å². The van der Waals surface area contributed by atoms with E-state index in [0.717, 1.165) is 43.5 Å².